The quantitative estimate of drug-likeness (QED) is 0.333. The predicted molar refractivity (Wildman–Crippen MR) is 113 cm³/mol. The third kappa shape index (κ3) is 8.35. The van der Waals surface area contributed by atoms with Gasteiger partial charge in [-0.25, -0.2) is 0 Å². The van der Waals surface area contributed by atoms with Gasteiger partial charge in [0.05, 0.1) is 27.4 Å². The largest absolute Gasteiger partial charge is 0.746 e. The summed E-state index contributed by atoms with van der Waals surface area (Å²) in [7, 11) is -2.67. The van der Waals surface area contributed by atoms with Gasteiger partial charge in [-0.1, -0.05) is 18.2 Å². The van der Waals surface area contributed by atoms with Crippen LogP contribution in [0.5, 0.6) is 17.2 Å². The summed E-state index contributed by atoms with van der Waals surface area (Å²) in [6, 6.07) is 7.42. The number of rotatable bonds is 10. The number of ether oxygens (including phenoxy) is 2. The van der Waals surface area contributed by atoms with E-state index in [1.54, 1.807) is 30.4 Å². The van der Waals surface area contributed by atoms with Crippen molar-refractivity contribution in [2.45, 2.75) is 19.4 Å². The molecule has 0 fully saturated rings. The van der Waals surface area contributed by atoms with Crippen molar-refractivity contribution >= 4 is 20.0 Å². The van der Waals surface area contributed by atoms with Gasteiger partial charge in [0.25, 0.3) is 0 Å². The summed E-state index contributed by atoms with van der Waals surface area (Å²) in [6.07, 6.45) is -1.67. The summed E-state index contributed by atoms with van der Waals surface area (Å²) in [6.45, 7) is -2.67. The molecule has 13 heteroatoms. The maximum absolute atomic E-state index is 12.2. The first-order valence-corrected chi connectivity index (χ1v) is 10.5. The van der Waals surface area contributed by atoms with Crippen LogP contribution in [0.4, 0.5) is 13.2 Å². The lowest BCUT2D eigenvalue weighted by atomic mass is 10.0. The monoisotopic (exact) mass is 495 g/mol. The van der Waals surface area contributed by atoms with Crippen LogP contribution in [0.25, 0.3) is 12.2 Å². The fraction of sp³-hybridized carbons (Fsp3) is 0.300. The topological polar surface area (TPSA) is 154 Å². The van der Waals surface area contributed by atoms with E-state index in [9.17, 15) is 32.8 Å². The number of methoxy groups -OCH3 is 2. The van der Waals surface area contributed by atoms with Gasteiger partial charge in [-0.15, -0.1) is 0 Å². The van der Waals surface area contributed by atoms with Crippen LogP contribution < -0.4 is 25.0 Å². The van der Waals surface area contributed by atoms with Crippen LogP contribution >= 0.6 is 7.82 Å². The second-order valence-corrected chi connectivity index (χ2v) is 7.68. The van der Waals surface area contributed by atoms with Crippen molar-refractivity contribution in [1.82, 2.24) is 6.15 Å². The lowest BCUT2D eigenvalue weighted by Gasteiger charge is -2.24. The Morgan fingerprint density at radius 1 is 0.970 bits per heavy atom. The lowest BCUT2D eigenvalue weighted by Crippen LogP contribution is -2.20. The number of phosphoric ester groups is 1. The van der Waals surface area contributed by atoms with E-state index in [-0.39, 0.29) is 30.9 Å². The van der Waals surface area contributed by atoms with Crippen LogP contribution in [0.1, 0.15) is 22.3 Å². The molecule has 0 aromatic heterocycles. The van der Waals surface area contributed by atoms with Crippen molar-refractivity contribution in [2.75, 3.05) is 20.8 Å². The highest BCUT2D eigenvalue weighted by atomic mass is 31.2. The summed E-state index contributed by atoms with van der Waals surface area (Å²) < 4.78 is 67.2. The van der Waals surface area contributed by atoms with Crippen molar-refractivity contribution < 1.29 is 51.4 Å². The molecule has 33 heavy (non-hydrogen) atoms. The van der Waals surface area contributed by atoms with Crippen molar-refractivity contribution in [3.63, 3.8) is 0 Å². The molecular weight excluding hydrogens is 470 g/mol. The third-order valence-electron chi connectivity index (χ3n) is 4.12. The highest BCUT2D eigenvalue weighted by molar-refractivity contribution is 7.46. The molecule has 0 saturated carbocycles. The van der Waals surface area contributed by atoms with E-state index in [1.165, 1.54) is 26.4 Å². The minimum atomic E-state index is -5.32. The van der Waals surface area contributed by atoms with Gasteiger partial charge >= 0.3 is 14.0 Å². The average molecular weight is 495 g/mol. The molecule has 6 N–H and O–H groups in total. The Morgan fingerprint density at radius 3 is 2.12 bits per heavy atom. The Kier molecular flexibility index (Phi) is 10.4. The zero-order valence-corrected chi connectivity index (χ0v) is 19.0. The van der Waals surface area contributed by atoms with E-state index in [0.29, 0.717) is 28.0 Å². The molecule has 1 atom stereocenters. The molecule has 9 nitrogen and oxygen atoms in total. The van der Waals surface area contributed by atoms with Gasteiger partial charge in [0.15, 0.2) is 18.1 Å². The van der Waals surface area contributed by atoms with Crippen molar-refractivity contribution in [2.24, 2.45) is 0 Å². The van der Waals surface area contributed by atoms with Gasteiger partial charge in [0, 0.05) is 5.56 Å². The molecule has 1 unspecified atom stereocenters. The molecular formula is C20H25F3NO8P. The van der Waals surface area contributed by atoms with Gasteiger partial charge in [0.1, 0.15) is 5.75 Å². The number of aliphatic hydroxyl groups excluding tert-OH is 2. The van der Waals surface area contributed by atoms with E-state index in [1.807, 2.05) is 0 Å². The minimum Gasteiger partial charge on any atom is -0.746 e. The Bertz CT molecular complexity index is 988. The van der Waals surface area contributed by atoms with Crippen molar-refractivity contribution in [1.29, 1.82) is 0 Å². The first kappa shape index (κ1) is 28.4. The number of benzene rings is 2. The van der Waals surface area contributed by atoms with Gasteiger partial charge < -0.3 is 35.3 Å². The van der Waals surface area contributed by atoms with Crippen molar-refractivity contribution in [3.05, 3.63) is 52.6 Å². The Hall–Kier alpha value is -2.60. The van der Waals surface area contributed by atoms with E-state index < -0.39 is 20.6 Å². The fourth-order valence-electron chi connectivity index (χ4n) is 2.69. The molecule has 0 radical (unpaired) electrons. The molecule has 2 aromatic carbocycles. The molecule has 0 amide bonds. The molecule has 0 bridgehead atoms. The molecule has 2 aromatic rings. The molecule has 184 valence electrons. The van der Waals surface area contributed by atoms with Gasteiger partial charge in [-0.3, -0.25) is 9.09 Å². The van der Waals surface area contributed by atoms with Gasteiger partial charge in [0.2, 0.25) is 0 Å². The third-order valence-corrected chi connectivity index (χ3v) is 4.99. The normalized spacial score (nSPS) is 13.3. The summed E-state index contributed by atoms with van der Waals surface area (Å²) in [5.74, 6) is -0.0312. The number of phosphoric acid groups is 1. The van der Waals surface area contributed by atoms with E-state index in [0.717, 1.165) is 0 Å². The van der Waals surface area contributed by atoms with Crippen molar-refractivity contribution in [3.8, 4) is 17.2 Å². The number of aliphatic hydroxyl groups is 2. The summed E-state index contributed by atoms with van der Waals surface area (Å²) >= 11 is 0. The zero-order valence-electron chi connectivity index (χ0n) is 18.1. The molecule has 0 spiro atoms. The predicted octanol–water partition coefficient (Wildman–Crippen LogP) is 3.66. The maximum atomic E-state index is 12.2. The highest BCUT2D eigenvalue weighted by Gasteiger charge is 2.31. The second kappa shape index (κ2) is 12.0. The van der Waals surface area contributed by atoms with Crippen LogP contribution in [-0.4, -0.2) is 37.2 Å². The van der Waals surface area contributed by atoms with Crippen LogP contribution in [0.3, 0.4) is 0 Å². The van der Waals surface area contributed by atoms with E-state index >= 15 is 0 Å². The van der Waals surface area contributed by atoms with Gasteiger partial charge in [-0.2, -0.15) is 13.2 Å². The van der Waals surface area contributed by atoms with Crippen LogP contribution in [-0.2, 0) is 22.3 Å². The first-order chi connectivity index (χ1) is 15.0. The minimum absolute atomic E-state index is 0. The number of halogens is 3. The second-order valence-electron chi connectivity index (χ2n) is 6.35. The van der Waals surface area contributed by atoms with Crippen LogP contribution in [0, 0.1) is 0 Å². The Balaban J connectivity index is 0.00000544. The molecule has 0 aliphatic rings. The van der Waals surface area contributed by atoms with Crippen LogP contribution in [0.2, 0.25) is 0 Å². The Labute approximate surface area is 188 Å². The first-order valence-electron chi connectivity index (χ1n) is 9.01. The van der Waals surface area contributed by atoms with Crippen LogP contribution in [0.15, 0.2) is 30.3 Å². The molecule has 2 rings (SSSR count). The molecule has 0 saturated heterocycles. The number of alkyl halides is 3. The zero-order chi connectivity index (χ0) is 23.9. The van der Waals surface area contributed by atoms with E-state index in [2.05, 4.69) is 9.05 Å². The average Bonchev–Trinajstić information content (AvgIpc) is 2.75. The maximum Gasteiger partial charge on any atom is 0.412 e. The molecule has 0 heterocycles. The van der Waals surface area contributed by atoms with Gasteiger partial charge in [-0.05, 0) is 41.0 Å². The lowest BCUT2D eigenvalue weighted by molar-refractivity contribution is -0.232. The Morgan fingerprint density at radius 2 is 1.58 bits per heavy atom. The highest BCUT2D eigenvalue weighted by Crippen LogP contribution is 2.44. The summed E-state index contributed by atoms with van der Waals surface area (Å²) in [5.41, 5.74) is 1.92. The fourth-order valence-corrected chi connectivity index (χ4v) is 3.43. The molecule has 0 aliphatic carbocycles. The SMILES string of the molecule is COc1ccc(/C=C\c2cc(CO)c(CO)c(OC)c2)cc1OP(=O)([O-])OCC(F)(F)F.[NH4+]. The number of hydrogen-bond donors (Lipinski definition) is 3. The number of hydrogen-bond acceptors (Lipinski definition) is 8. The van der Waals surface area contributed by atoms with E-state index in [4.69, 9.17) is 9.47 Å². The standard InChI is InChI=1S/C20H22F3O8P.H3N/c1-28-17-6-5-13(8-19(17)31-32(26,27)30-12-20(21,22)23)3-4-14-7-15(10-24)16(11-25)18(9-14)29-2;/h3-9,24-25H,10-12H2,1-2H3,(H,26,27);1H3/b4-3-;. The smallest absolute Gasteiger partial charge is 0.412 e. The summed E-state index contributed by atoms with van der Waals surface area (Å²) in [4.78, 5) is 11.8. The molecule has 0 aliphatic heterocycles. The number of quaternary nitrogens is 1. The summed E-state index contributed by atoms with van der Waals surface area (Å²) in [5, 5.41) is 19.0.